The maximum absolute atomic E-state index is 12.9. The SMILES string of the molecule is O=C(c1ccc2c(c1)OCO2)C1CCCc2ccccc21. The fourth-order valence-electron chi connectivity index (χ4n) is 3.28. The summed E-state index contributed by atoms with van der Waals surface area (Å²) in [5, 5.41) is 0. The van der Waals surface area contributed by atoms with Crippen LogP contribution in [0.1, 0.15) is 40.2 Å². The fourth-order valence-corrected chi connectivity index (χ4v) is 3.28. The molecule has 0 saturated carbocycles. The number of benzene rings is 2. The minimum absolute atomic E-state index is 0.0321. The first kappa shape index (κ1) is 12.5. The Kier molecular flexibility index (Phi) is 2.92. The maximum atomic E-state index is 12.9. The van der Waals surface area contributed by atoms with Gasteiger partial charge in [-0.25, -0.2) is 0 Å². The lowest BCUT2D eigenvalue weighted by molar-refractivity contribution is 0.0950. The molecule has 0 bridgehead atoms. The van der Waals surface area contributed by atoms with Gasteiger partial charge >= 0.3 is 0 Å². The van der Waals surface area contributed by atoms with Gasteiger partial charge in [-0.1, -0.05) is 24.3 Å². The summed E-state index contributed by atoms with van der Waals surface area (Å²) in [4.78, 5) is 12.9. The van der Waals surface area contributed by atoms with Crippen LogP contribution in [0.3, 0.4) is 0 Å². The second-order valence-corrected chi connectivity index (χ2v) is 5.58. The smallest absolute Gasteiger partial charge is 0.231 e. The molecule has 0 aromatic heterocycles. The van der Waals surface area contributed by atoms with Crippen LogP contribution >= 0.6 is 0 Å². The number of aryl methyl sites for hydroxylation is 1. The highest BCUT2D eigenvalue weighted by molar-refractivity contribution is 6.01. The molecule has 0 radical (unpaired) electrons. The Labute approximate surface area is 123 Å². The molecule has 3 nitrogen and oxygen atoms in total. The lowest BCUT2D eigenvalue weighted by Crippen LogP contribution is -2.18. The Morgan fingerprint density at radius 1 is 1.05 bits per heavy atom. The van der Waals surface area contributed by atoms with Gasteiger partial charge in [0.15, 0.2) is 17.3 Å². The van der Waals surface area contributed by atoms with Gasteiger partial charge in [0.2, 0.25) is 6.79 Å². The average molecular weight is 280 g/mol. The molecule has 1 aliphatic carbocycles. The van der Waals surface area contributed by atoms with Crippen LogP contribution in [0.25, 0.3) is 0 Å². The average Bonchev–Trinajstić information content (AvgIpc) is 3.01. The van der Waals surface area contributed by atoms with Crippen molar-refractivity contribution in [3.63, 3.8) is 0 Å². The molecule has 0 spiro atoms. The third-order valence-corrected chi connectivity index (χ3v) is 4.34. The summed E-state index contributed by atoms with van der Waals surface area (Å²) in [6.07, 6.45) is 3.06. The van der Waals surface area contributed by atoms with Gasteiger partial charge in [-0.2, -0.15) is 0 Å². The highest BCUT2D eigenvalue weighted by Crippen LogP contribution is 2.37. The van der Waals surface area contributed by atoms with Crippen LogP contribution < -0.4 is 9.47 Å². The Hall–Kier alpha value is -2.29. The fraction of sp³-hybridized carbons (Fsp3) is 0.278. The molecule has 2 aromatic carbocycles. The van der Waals surface area contributed by atoms with E-state index in [1.807, 2.05) is 30.3 Å². The monoisotopic (exact) mass is 280 g/mol. The normalized spacial score (nSPS) is 19.1. The van der Waals surface area contributed by atoms with E-state index < -0.39 is 0 Å². The van der Waals surface area contributed by atoms with E-state index in [1.165, 1.54) is 11.1 Å². The van der Waals surface area contributed by atoms with Crippen molar-refractivity contribution in [1.82, 2.24) is 0 Å². The van der Waals surface area contributed by atoms with E-state index in [1.54, 1.807) is 0 Å². The van der Waals surface area contributed by atoms with Gasteiger partial charge in [-0.15, -0.1) is 0 Å². The molecule has 3 heteroatoms. The number of carbonyl (C=O) groups is 1. The lowest BCUT2D eigenvalue weighted by Gasteiger charge is -2.24. The molecule has 0 saturated heterocycles. The van der Waals surface area contributed by atoms with E-state index >= 15 is 0 Å². The minimum atomic E-state index is -0.0321. The molecule has 1 atom stereocenters. The predicted octanol–water partition coefficient (Wildman–Crippen LogP) is 3.72. The zero-order valence-electron chi connectivity index (χ0n) is 11.7. The summed E-state index contributed by atoms with van der Waals surface area (Å²) in [5.41, 5.74) is 3.20. The van der Waals surface area contributed by atoms with Crippen LogP contribution in [0.4, 0.5) is 0 Å². The van der Waals surface area contributed by atoms with Gasteiger partial charge in [0.25, 0.3) is 0 Å². The first-order valence-corrected chi connectivity index (χ1v) is 7.34. The molecule has 4 rings (SSSR count). The van der Waals surface area contributed by atoms with E-state index in [0.29, 0.717) is 11.3 Å². The number of ketones is 1. The van der Waals surface area contributed by atoms with Crippen LogP contribution in [-0.2, 0) is 6.42 Å². The third-order valence-electron chi connectivity index (χ3n) is 4.34. The first-order chi connectivity index (χ1) is 10.3. The largest absolute Gasteiger partial charge is 0.454 e. The van der Waals surface area contributed by atoms with Crippen molar-refractivity contribution in [1.29, 1.82) is 0 Å². The van der Waals surface area contributed by atoms with Gasteiger partial charge in [0.1, 0.15) is 0 Å². The molecule has 1 aliphatic heterocycles. The summed E-state index contributed by atoms with van der Waals surface area (Å²) in [6.45, 7) is 0.235. The Morgan fingerprint density at radius 3 is 2.86 bits per heavy atom. The quantitative estimate of drug-likeness (QED) is 0.786. The number of Topliss-reactive ketones (excluding diaryl/α,β-unsaturated/α-hetero) is 1. The van der Waals surface area contributed by atoms with Gasteiger partial charge in [-0.05, 0) is 48.6 Å². The van der Waals surface area contributed by atoms with E-state index in [-0.39, 0.29) is 18.5 Å². The zero-order valence-corrected chi connectivity index (χ0v) is 11.7. The Balaban J connectivity index is 1.70. The number of carbonyl (C=O) groups excluding carboxylic acids is 1. The molecule has 106 valence electrons. The molecule has 0 fully saturated rings. The third kappa shape index (κ3) is 2.09. The van der Waals surface area contributed by atoms with Crippen molar-refractivity contribution in [2.45, 2.75) is 25.2 Å². The first-order valence-electron chi connectivity index (χ1n) is 7.34. The molecule has 0 amide bonds. The number of hydrogen-bond acceptors (Lipinski definition) is 3. The van der Waals surface area contributed by atoms with Crippen LogP contribution in [0.15, 0.2) is 42.5 Å². The van der Waals surface area contributed by atoms with Crippen molar-refractivity contribution in [3.8, 4) is 11.5 Å². The molecule has 21 heavy (non-hydrogen) atoms. The van der Waals surface area contributed by atoms with Gasteiger partial charge < -0.3 is 9.47 Å². The Morgan fingerprint density at radius 2 is 1.90 bits per heavy atom. The van der Waals surface area contributed by atoms with E-state index in [0.717, 1.165) is 25.0 Å². The molecular weight excluding hydrogens is 264 g/mol. The standard InChI is InChI=1S/C18H16O3/c19-18(13-8-9-16-17(10-13)21-11-20-16)15-7-3-5-12-4-1-2-6-14(12)15/h1-2,4,6,8-10,15H,3,5,7,11H2. The van der Waals surface area contributed by atoms with E-state index in [4.69, 9.17) is 9.47 Å². The predicted molar refractivity (Wildman–Crippen MR) is 79.0 cm³/mol. The highest BCUT2D eigenvalue weighted by atomic mass is 16.7. The molecule has 2 aromatic rings. The van der Waals surface area contributed by atoms with Crippen LogP contribution in [0, 0.1) is 0 Å². The number of fused-ring (bicyclic) bond motifs is 2. The summed E-state index contributed by atoms with van der Waals surface area (Å²) < 4.78 is 10.7. The maximum Gasteiger partial charge on any atom is 0.231 e. The summed E-state index contributed by atoms with van der Waals surface area (Å²) in [7, 11) is 0. The highest BCUT2D eigenvalue weighted by Gasteiger charge is 2.28. The molecule has 1 unspecified atom stereocenters. The number of rotatable bonds is 2. The van der Waals surface area contributed by atoms with Crippen molar-refractivity contribution in [3.05, 3.63) is 59.2 Å². The van der Waals surface area contributed by atoms with Crippen molar-refractivity contribution in [2.24, 2.45) is 0 Å². The molecule has 0 N–H and O–H groups in total. The summed E-state index contributed by atoms with van der Waals surface area (Å²) in [6, 6.07) is 13.8. The van der Waals surface area contributed by atoms with Crippen LogP contribution in [0.5, 0.6) is 11.5 Å². The molecule has 1 heterocycles. The van der Waals surface area contributed by atoms with Crippen LogP contribution in [0.2, 0.25) is 0 Å². The topological polar surface area (TPSA) is 35.5 Å². The second-order valence-electron chi connectivity index (χ2n) is 5.58. The molecular formula is C18H16O3. The van der Waals surface area contributed by atoms with Gasteiger partial charge in [-0.3, -0.25) is 4.79 Å². The van der Waals surface area contributed by atoms with Crippen molar-refractivity contribution < 1.29 is 14.3 Å². The van der Waals surface area contributed by atoms with Crippen molar-refractivity contribution in [2.75, 3.05) is 6.79 Å². The van der Waals surface area contributed by atoms with Crippen molar-refractivity contribution >= 4 is 5.78 Å². The van der Waals surface area contributed by atoms with Crippen LogP contribution in [-0.4, -0.2) is 12.6 Å². The summed E-state index contributed by atoms with van der Waals surface area (Å²) >= 11 is 0. The van der Waals surface area contributed by atoms with E-state index in [9.17, 15) is 4.79 Å². The van der Waals surface area contributed by atoms with Gasteiger partial charge in [0.05, 0.1) is 0 Å². The lowest BCUT2D eigenvalue weighted by atomic mass is 9.79. The summed E-state index contributed by atoms with van der Waals surface area (Å²) in [5.74, 6) is 1.54. The molecule has 2 aliphatic rings. The number of hydrogen-bond donors (Lipinski definition) is 0. The minimum Gasteiger partial charge on any atom is -0.454 e. The zero-order chi connectivity index (χ0) is 14.2. The second kappa shape index (κ2) is 4.92. The van der Waals surface area contributed by atoms with E-state index in [2.05, 4.69) is 12.1 Å². The number of ether oxygens (including phenoxy) is 2. The van der Waals surface area contributed by atoms with Gasteiger partial charge in [0, 0.05) is 11.5 Å². The Bertz CT molecular complexity index is 705.